The van der Waals surface area contributed by atoms with E-state index in [9.17, 15) is 0 Å². The number of aliphatic hydroxyl groups is 1. The van der Waals surface area contributed by atoms with Crippen LogP contribution in [-0.2, 0) is 0 Å². The molecule has 2 N–H and O–H groups in total. The number of nitrogens with zero attached hydrogens (tertiary/aromatic N) is 1. The van der Waals surface area contributed by atoms with Gasteiger partial charge >= 0.3 is 0 Å². The van der Waals surface area contributed by atoms with Gasteiger partial charge in [-0.3, -0.25) is 0 Å². The van der Waals surface area contributed by atoms with Crippen molar-refractivity contribution in [3.8, 4) is 0 Å². The molecule has 2 aliphatic carbocycles. The smallest absolute Gasteiger partial charge is 0.0443 e. The fourth-order valence-corrected chi connectivity index (χ4v) is 3.74. The van der Waals surface area contributed by atoms with Crippen LogP contribution in [0.15, 0.2) is 0 Å². The molecule has 0 aromatic heterocycles. The lowest BCUT2D eigenvalue weighted by atomic mass is 10.2. The molecule has 2 rings (SSSR count). The molecule has 0 heterocycles. The Bertz CT molecular complexity index is 223. The summed E-state index contributed by atoms with van der Waals surface area (Å²) in [5, 5.41) is 12.7. The van der Waals surface area contributed by atoms with Crippen molar-refractivity contribution in [1.29, 1.82) is 0 Å². The van der Waals surface area contributed by atoms with Crippen molar-refractivity contribution in [1.82, 2.24) is 10.2 Å². The largest absolute Gasteiger partial charge is 0.396 e. The topological polar surface area (TPSA) is 35.5 Å². The quantitative estimate of drug-likeness (QED) is 0.631. The summed E-state index contributed by atoms with van der Waals surface area (Å²) in [4.78, 5) is 2.64. The van der Waals surface area contributed by atoms with Crippen LogP contribution in [0.25, 0.3) is 0 Å². The van der Waals surface area contributed by atoms with Crippen molar-refractivity contribution in [2.45, 2.75) is 76.3 Å². The van der Waals surface area contributed by atoms with E-state index in [4.69, 9.17) is 5.11 Å². The van der Waals surface area contributed by atoms with Gasteiger partial charge in [-0.05, 0) is 51.6 Å². The molecule has 2 saturated carbocycles. The number of aliphatic hydroxyl groups excluding tert-OH is 1. The Hall–Kier alpha value is -0.120. The number of hydrogen-bond donors (Lipinski definition) is 2. The van der Waals surface area contributed by atoms with Gasteiger partial charge in [0.25, 0.3) is 0 Å². The summed E-state index contributed by atoms with van der Waals surface area (Å²) in [5.74, 6) is 0. The normalized spacial score (nSPS) is 21.8. The molecule has 0 amide bonds. The zero-order valence-electron chi connectivity index (χ0n) is 12.4. The van der Waals surface area contributed by atoms with Gasteiger partial charge in [-0.25, -0.2) is 0 Å². The van der Waals surface area contributed by atoms with E-state index in [-0.39, 0.29) is 0 Å². The second-order valence-electron chi connectivity index (χ2n) is 6.34. The Kier molecular flexibility index (Phi) is 7.18. The average Bonchev–Trinajstić information content (AvgIpc) is 3.11. The zero-order chi connectivity index (χ0) is 13.3. The molecule has 0 unspecified atom stereocenters. The minimum atomic E-state index is 0.337. The molecule has 0 aliphatic heterocycles. The van der Waals surface area contributed by atoms with E-state index in [0.29, 0.717) is 6.61 Å². The minimum Gasteiger partial charge on any atom is -0.396 e. The molecular formula is C16H32N2O. The molecule has 3 nitrogen and oxygen atoms in total. The van der Waals surface area contributed by atoms with Gasteiger partial charge in [0.1, 0.15) is 0 Å². The molecule has 2 fully saturated rings. The highest BCUT2D eigenvalue weighted by Crippen LogP contribution is 2.23. The Labute approximate surface area is 118 Å². The molecule has 19 heavy (non-hydrogen) atoms. The number of nitrogens with one attached hydrogen (secondary N) is 1. The van der Waals surface area contributed by atoms with Gasteiger partial charge in [0.15, 0.2) is 0 Å². The summed E-state index contributed by atoms with van der Waals surface area (Å²) in [7, 11) is 0. The van der Waals surface area contributed by atoms with Gasteiger partial charge in [0, 0.05) is 25.2 Å². The summed E-state index contributed by atoms with van der Waals surface area (Å²) in [6.07, 6.45) is 13.4. The van der Waals surface area contributed by atoms with E-state index in [1.165, 1.54) is 70.9 Å². The maximum atomic E-state index is 9.03. The van der Waals surface area contributed by atoms with Gasteiger partial charge in [0.2, 0.25) is 0 Å². The fraction of sp³-hybridized carbons (Fsp3) is 1.00. The molecule has 0 aromatic carbocycles. The Balaban J connectivity index is 1.60. The van der Waals surface area contributed by atoms with Crippen LogP contribution in [0.5, 0.6) is 0 Å². The number of hydrogen-bond acceptors (Lipinski definition) is 3. The third-order valence-electron chi connectivity index (χ3n) is 4.85. The highest BCUT2D eigenvalue weighted by Gasteiger charge is 2.21. The molecule has 0 spiro atoms. The van der Waals surface area contributed by atoms with E-state index in [1.807, 2.05) is 0 Å². The average molecular weight is 268 g/mol. The first-order chi connectivity index (χ1) is 9.40. The zero-order valence-corrected chi connectivity index (χ0v) is 12.4. The summed E-state index contributed by atoms with van der Waals surface area (Å²) in [6.45, 7) is 3.81. The molecular weight excluding hydrogens is 236 g/mol. The first-order valence-corrected chi connectivity index (χ1v) is 8.48. The Morgan fingerprint density at radius 1 is 0.895 bits per heavy atom. The summed E-state index contributed by atoms with van der Waals surface area (Å²) < 4.78 is 0. The van der Waals surface area contributed by atoms with Gasteiger partial charge in [0.05, 0.1) is 0 Å². The van der Waals surface area contributed by atoms with Crippen LogP contribution in [0, 0.1) is 0 Å². The Morgan fingerprint density at radius 2 is 1.53 bits per heavy atom. The van der Waals surface area contributed by atoms with Gasteiger partial charge in [-0.2, -0.15) is 0 Å². The summed E-state index contributed by atoms with van der Waals surface area (Å²) in [6, 6.07) is 1.61. The predicted octanol–water partition coefficient (Wildman–Crippen LogP) is 2.54. The third kappa shape index (κ3) is 5.41. The molecule has 0 radical (unpaired) electrons. The van der Waals surface area contributed by atoms with E-state index in [0.717, 1.165) is 25.0 Å². The van der Waals surface area contributed by atoms with Crippen molar-refractivity contribution in [2.75, 3.05) is 26.2 Å². The lowest BCUT2D eigenvalue weighted by molar-refractivity contribution is 0.172. The van der Waals surface area contributed by atoms with E-state index >= 15 is 0 Å². The summed E-state index contributed by atoms with van der Waals surface area (Å²) >= 11 is 0. The van der Waals surface area contributed by atoms with Gasteiger partial charge in [-0.15, -0.1) is 0 Å². The maximum Gasteiger partial charge on any atom is 0.0443 e. The maximum absolute atomic E-state index is 9.03. The van der Waals surface area contributed by atoms with Crippen LogP contribution in [-0.4, -0.2) is 48.3 Å². The van der Waals surface area contributed by atoms with Crippen LogP contribution >= 0.6 is 0 Å². The first kappa shape index (κ1) is 15.3. The van der Waals surface area contributed by atoms with E-state index in [1.54, 1.807) is 0 Å². The highest BCUT2D eigenvalue weighted by atomic mass is 16.3. The van der Waals surface area contributed by atoms with Crippen LogP contribution in [0.1, 0.15) is 64.2 Å². The molecule has 0 atom stereocenters. The van der Waals surface area contributed by atoms with Crippen molar-refractivity contribution in [3.05, 3.63) is 0 Å². The van der Waals surface area contributed by atoms with Gasteiger partial charge < -0.3 is 15.3 Å². The lowest BCUT2D eigenvalue weighted by Gasteiger charge is -2.28. The second kappa shape index (κ2) is 8.93. The van der Waals surface area contributed by atoms with Crippen molar-refractivity contribution in [3.63, 3.8) is 0 Å². The van der Waals surface area contributed by atoms with Crippen LogP contribution in [0.4, 0.5) is 0 Å². The molecule has 0 saturated heterocycles. The lowest BCUT2D eigenvalue weighted by Crippen LogP contribution is -2.37. The molecule has 112 valence electrons. The highest BCUT2D eigenvalue weighted by molar-refractivity contribution is 4.78. The van der Waals surface area contributed by atoms with E-state index < -0.39 is 0 Å². The van der Waals surface area contributed by atoms with Crippen LogP contribution < -0.4 is 5.32 Å². The standard InChI is InChI=1S/C16H32N2O/c19-14-6-13-18(16-9-3-4-10-16)12-5-11-17-15-7-1-2-8-15/h15-17,19H,1-14H2. The van der Waals surface area contributed by atoms with Crippen LogP contribution in [0.3, 0.4) is 0 Å². The summed E-state index contributed by atoms with van der Waals surface area (Å²) in [5.41, 5.74) is 0. The first-order valence-electron chi connectivity index (χ1n) is 8.48. The van der Waals surface area contributed by atoms with Gasteiger partial charge in [-0.1, -0.05) is 25.7 Å². The van der Waals surface area contributed by atoms with Crippen molar-refractivity contribution < 1.29 is 5.11 Å². The third-order valence-corrected chi connectivity index (χ3v) is 4.85. The molecule has 3 heteroatoms. The number of rotatable bonds is 9. The molecule has 0 aromatic rings. The SMILES string of the molecule is OCCCN(CCCNC1CCCC1)C1CCCC1. The molecule has 0 bridgehead atoms. The van der Waals surface area contributed by atoms with Crippen molar-refractivity contribution >= 4 is 0 Å². The van der Waals surface area contributed by atoms with E-state index in [2.05, 4.69) is 10.2 Å². The second-order valence-corrected chi connectivity index (χ2v) is 6.34. The minimum absolute atomic E-state index is 0.337. The molecule has 2 aliphatic rings. The van der Waals surface area contributed by atoms with Crippen molar-refractivity contribution in [2.24, 2.45) is 0 Å². The Morgan fingerprint density at radius 3 is 2.21 bits per heavy atom. The predicted molar refractivity (Wildman–Crippen MR) is 80.4 cm³/mol. The van der Waals surface area contributed by atoms with Crippen LogP contribution in [0.2, 0.25) is 0 Å². The fourth-order valence-electron chi connectivity index (χ4n) is 3.74. The monoisotopic (exact) mass is 268 g/mol.